The van der Waals surface area contributed by atoms with Crippen LogP contribution in [0.25, 0.3) is 0 Å². The molecule has 1 atom stereocenters. The number of aromatic nitrogens is 1. The maximum Gasteiger partial charge on any atom is 0.0566 e. The van der Waals surface area contributed by atoms with Gasteiger partial charge in [0.1, 0.15) is 0 Å². The Morgan fingerprint density at radius 2 is 1.71 bits per heavy atom. The molecule has 1 aromatic heterocycles. The highest BCUT2D eigenvalue weighted by Gasteiger charge is 2.08. The van der Waals surface area contributed by atoms with Crippen molar-refractivity contribution in [2.45, 2.75) is 13.0 Å². The molecule has 2 rings (SSSR count). The van der Waals surface area contributed by atoms with Gasteiger partial charge in [0.2, 0.25) is 0 Å². The topological polar surface area (TPSA) is 4.93 Å². The predicted octanol–water partition coefficient (Wildman–Crippen LogP) is 3.75. The van der Waals surface area contributed by atoms with Crippen molar-refractivity contribution in [2.75, 3.05) is 0 Å². The van der Waals surface area contributed by atoms with Crippen LogP contribution in [0.15, 0.2) is 48.8 Å². The third kappa shape index (κ3) is 1.68. The Balaban J connectivity index is 2.37. The summed E-state index contributed by atoms with van der Waals surface area (Å²) in [6.07, 6.45) is 4.10. The van der Waals surface area contributed by atoms with E-state index in [0.29, 0.717) is 6.04 Å². The molecule has 0 aliphatic carbocycles. The zero-order valence-electron chi connectivity index (χ0n) is 8.02. The smallest absolute Gasteiger partial charge is 0.0566 e. The summed E-state index contributed by atoms with van der Waals surface area (Å²) in [6, 6.07) is 12.3. The summed E-state index contributed by atoms with van der Waals surface area (Å²) in [5.41, 5.74) is 1.16. The third-order valence-corrected chi connectivity index (χ3v) is 2.77. The quantitative estimate of drug-likeness (QED) is 0.704. The number of hydrogen-bond donors (Lipinski definition) is 0. The van der Waals surface area contributed by atoms with E-state index in [-0.39, 0.29) is 0 Å². The van der Waals surface area contributed by atoms with E-state index in [1.165, 1.54) is 0 Å². The predicted molar refractivity (Wildman–Crippen MR) is 59.7 cm³/mol. The summed E-state index contributed by atoms with van der Waals surface area (Å²) in [5.74, 6) is 0. The summed E-state index contributed by atoms with van der Waals surface area (Å²) in [4.78, 5) is 0. The highest BCUT2D eigenvalue weighted by atomic mass is 35.5. The molecule has 2 aromatic rings. The normalized spacial score (nSPS) is 12.7. The van der Waals surface area contributed by atoms with Crippen LogP contribution in [0.3, 0.4) is 0 Å². The highest BCUT2D eigenvalue weighted by molar-refractivity contribution is 6.31. The Kier molecular flexibility index (Phi) is 2.60. The van der Waals surface area contributed by atoms with Gasteiger partial charge in [-0.15, -0.1) is 0 Å². The Bertz CT molecular complexity index is 406. The van der Waals surface area contributed by atoms with E-state index >= 15 is 0 Å². The number of halogens is 1. The Morgan fingerprint density at radius 1 is 1.07 bits per heavy atom. The lowest BCUT2D eigenvalue weighted by atomic mass is 10.1. The van der Waals surface area contributed by atoms with Crippen LogP contribution in [0.1, 0.15) is 18.5 Å². The molecule has 1 nitrogen and oxygen atoms in total. The molecule has 1 unspecified atom stereocenters. The van der Waals surface area contributed by atoms with E-state index in [1.54, 1.807) is 0 Å². The maximum atomic E-state index is 6.12. The van der Waals surface area contributed by atoms with Gasteiger partial charge in [0.25, 0.3) is 0 Å². The average molecular weight is 206 g/mol. The van der Waals surface area contributed by atoms with Crippen molar-refractivity contribution in [3.63, 3.8) is 0 Å². The minimum absolute atomic E-state index is 0.290. The number of benzene rings is 1. The molecular weight excluding hydrogens is 194 g/mol. The van der Waals surface area contributed by atoms with Crippen molar-refractivity contribution in [2.24, 2.45) is 0 Å². The first kappa shape index (κ1) is 9.35. The molecule has 0 saturated heterocycles. The van der Waals surface area contributed by atoms with Crippen LogP contribution < -0.4 is 0 Å². The summed E-state index contributed by atoms with van der Waals surface area (Å²) < 4.78 is 2.14. The van der Waals surface area contributed by atoms with Gasteiger partial charge in [-0.3, -0.25) is 0 Å². The van der Waals surface area contributed by atoms with Gasteiger partial charge in [-0.05, 0) is 30.7 Å². The van der Waals surface area contributed by atoms with Gasteiger partial charge in [-0.2, -0.15) is 0 Å². The summed E-state index contributed by atoms with van der Waals surface area (Å²) in [7, 11) is 0. The number of hydrogen-bond acceptors (Lipinski definition) is 0. The molecule has 72 valence electrons. The van der Waals surface area contributed by atoms with Crippen molar-refractivity contribution in [1.82, 2.24) is 4.57 Å². The molecule has 0 amide bonds. The zero-order chi connectivity index (χ0) is 9.97. The van der Waals surface area contributed by atoms with E-state index in [2.05, 4.69) is 17.6 Å². The highest BCUT2D eigenvalue weighted by Crippen LogP contribution is 2.25. The third-order valence-electron chi connectivity index (χ3n) is 2.43. The fourth-order valence-corrected chi connectivity index (χ4v) is 1.87. The van der Waals surface area contributed by atoms with Gasteiger partial charge in [0.05, 0.1) is 6.04 Å². The molecule has 0 saturated carbocycles. The van der Waals surface area contributed by atoms with E-state index in [0.717, 1.165) is 10.6 Å². The lowest BCUT2D eigenvalue weighted by Gasteiger charge is -2.15. The van der Waals surface area contributed by atoms with Crippen LogP contribution in [-0.2, 0) is 0 Å². The molecule has 0 radical (unpaired) electrons. The van der Waals surface area contributed by atoms with E-state index in [9.17, 15) is 0 Å². The second-order valence-corrected chi connectivity index (χ2v) is 3.73. The second-order valence-electron chi connectivity index (χ2n) is 3.33. The Hall–Kier alpha value is -1.21. The summed E-state index contributed by atoms with van der Waals surface area (Å²) >= 11 is 6.12. The van der Waals surface area contributed by atoms with E-state index in [4.69, 9.17) is 11.6 Å². The van der Waals surface area contributed by atoms with E-state index < -0.39 is 0 Å². The maximum absolute atomic E-state index is 6.12. The SMILES string of the molecule is CC(c1ccccc1Cl)n1cccc1. The first-order chi connectivity index (χ1) is 6.79. The molecule has 0 fully saturated rings. The molecule has 0 bridgehead atoms. The lowest BCUT2D eigenvalue weighted by Crippen LogP contribution is -2.04. The first-order valence-corrected chi connectivity index (χ1v) is 5.03. The fourth-order valence-electron chi connectivity index (χ4n) is 1.58. The average Bonchev–Trinajstić information content (AvgIpc) is 2.70. The van der Waals surface area contributed by atoms with Crippen molar-refractivity contribution in [3.8, 4) is 0 Å². The molecule has 14 heavy (non-hydrogen) atoms. The van der Waals surface area contributed by atoms with Crippen molar-refractivity contribution < 1.29 is 0 Å². The van der Waals surface area contributed by atoms with Crippen LogP contribution in [-0.4, -0.2) is 4.57 Å². The van der Waals surface area contributed by atoms with Gasteiger partial charge >= 0.3 is 0 Å². The van der Waals surface area contributed by atoms with Crippen LogP contribution in [0.4, 0.5) is 0 Å². The van der Waals surface area contributed by atoms with Crippen LogP contribution in [0.2, 0.25) is 5.02 Å². The van der Waals surface area contributed by atoms with Crippen LogP contribution in [0, 0.1) is 0 Å². The summed E-state index contributed by atoms with van der Waals surface area (Å²) in [5, 5.41) is 0.828. The molecule has 0 aliphatic rings. The second kappa shape index (κ2) is 3.89. The van der Waals surface area contributed by atoms with Gasteiger partial charge in [-0.25, -0.2) is 0 Å². The van der Waals surface area contributed by atoms with Gasteiger partial charge in [0.15, 0.2) is 0 Å². The zero-order valence-corrected chi connectivity index (χ0v) is 8.78. The number of nitrogens with zero attached hydrogens (tertiary/aromatic N) is 1. The molecule has 1 aromatic carbocycles. The summed E-state index contributed by atoms with van der Waals surface area (Å²) in [6.45, 7) is 2.14. The molecule has 2 heteroatoms. The van der Waals surface area contributed by atoms with Gasteiger partial charge < -0.3 is 4.57 Å². The molecular formula is C12H12ClN. The molecule has 1 heterocycles. The lowest BCUT2D eigenvalue weighted by molar-refractivity contribution is 0.643. The molecule has 0 spiro atoms. The monoisotopic (exact) mass is 205 g/mol. The number of rotatable bonds is 2. The first-order valence-electron chi connectivity index (χ1n) is 4.66. The van der Waals surface area contributed by atoms with Crippen molar-refractivity contribution >= 4 is 11.6 Å². The minimum atomic E-state index is 0.290. The molecule has 0 N–H and O–H groups in total. The van der Waals surface area contributed by atoms with Crippen LogP contribution in [0.5, 0.6) is 0 Å². The van der Waals surface area contributed by atoms with E-state index in [1.807, 2.05) is 42.7 Å². The Labute approximate surface area is 88.9 Å². The fraction of sp³-hybridized carbons (Fsp3) is 0.167. The molecule has 0 aliphatic heterocycles. The standard InChI is InChI=1S/C12H12ClN/c1-10(14-8-4-5-9-14)11-6-2-3-7-12(11)13/h2-10H,1H3. The Morgan fingerprint density at radius 3 is 2.36 bits per heavy atom. The van der Waals surface area contributed by atoms with Crippen molar-refractivity contribution in [1.29, 1.82) is 0 Å². The minimum Gasteiger partial charge on any atom is -0.347 e. The largest absolute Gasteiger partial charge is 0.347 e. The van der Waals surface area contributed by atoms with Gasteiger partial charge in [0, 0.05) is 17.4 Å². The van der Waals surface area contributed by atoms with Crippen molar-refractivity contribution in [3.05, 3.63) is 59.4 Å². The van der Waals surface area contributed by atoms with Crippen LogP contribution >= 0.6 is 11.6 Å². The van der Waals surface area contributed by atoms with Gasteiger partial charge in [-0.1, -0.05) is 29.8 Å².